The molecular formula is C28H22N2O4. The molecule has 0 fully saturated rings. The number of ether oxygens (including phenoxy) is 1. The first-order chi connectivity index (χ1) is 16.6. The highest BCUT2D eigenvalue weighted by Gasteiger charge is 2.30. The standard InChI is InChI=1S/C28H22N2O4/c1-33-18-10-11-25-20(12-18)28(32)22(16-34-25)19-13-26(31)29-23-8-5-9-24-27(23)21(19)15-30(24)14-17-6-3-2-4-7-17/h2-12,15-16,19H,13-14H2,1H3,(H,29,31). The van der Waals surface area contributed by atoms with Crippen molar-refractivity contribution in [2.45, 2.75) is 18.9 Å². The molecule has 6 rings (SSSR count). The molecule has 1 amide bonds. The van der Waals surface area contributed by atoms with Gasteiger partial charge < -0.3 is 19.0 Å². The summed E-state index contributed by atoms with van der Waals surface area (Å²) in [4.78, 5) is 26.4. The van der Waals surface area contributed by atoms with E-state index in [-0.39, 0.29) is 17.8 Å². The molecule has 0 saturated carbocycles. The lowest BCUT2D eigenvalue weighted by molar-refractivity contribution is -0.116. The minimum atomic E-state index is -0.435. The van der Waals surface area contributed by atoms with Crippen LogP contribution in [0.2, 0.25) is 0 Å². The number of nitrogens with zero attached hydrogens (tertiary/aromatic N) is 1. The van der Waals surface area contributed by atoms with E-state index in [9.17, 15) is 9.59 Å². The fraction of sp³-hybridized carbons (Fsp3) is 0.143. The first-order valence-electron chi connectivity index (χ1n) is 11.2. The first-order valence-corrected chi connectivity index (χ1v) is 11.2. The molecular weight excluding hydrogens is 428 g/mol. The molecule has 0 aliphatic carbocycles. The van der Waals surface area contributed by atoms with Crippen LogP contribution in [0.4, 0.5) is 5.69 Å². The Morgan fingerprint density at radius 1 is 1.03 bits per heavy atom. The minimum absolute atomic E-state index is 0.131. The molecule has 6 heteroatoms. The van der Waals surface area contributed by atoms with E-state index >= 15 is 0 Å². The zero-order valence-corrected chi connectivity index (χ0v) is 18.6. The first kappa shape index (κ1) is 20.3. The van der Waals surface area contributed by atoms with E-state index in [0.717, 1.165) is 22.2 Å². The quantitative estimate of drug-likeness (QED) is 0.404. The summed E-state index contributed by atoms with van der Waals surface area (Å²) in [6, 6.07) is 21.3. The molecule has 0 radical (unpaired) electrons. The van der Waals surface area contributed by atoms with Crippen LogP contribution in [-0.2, 0) is 11.3 Å². The maximum Gasteiger partial charge on any atom is 0.225 e. The second kappa shape index (κ2) is 7.92. The molecule has 6 nitrogen and oxygen atoms in total. The number of methoxy groups -OCH3 is 1. The molecule has 0 saturated heterocycles. The molecule has 3 heterocycles. The predicted octanol–water partition coefficient (Wildman–Crippen LogP) is 5.28. The van der Waals surface area contributed by atoms with Gasteiger partial charge in [-0.25, -0.2) is 0 Å². The van der Waals surface area contributed by atoms with Gasteiger partial charge in [0.15, 0.2) is 5.43 Å². The SMILES string of the molecule is COc1ccc2occ(C3CC(=O)Nc4cccc5c4c3cn5Cc3ccccc3)c(=O)c2c1. The van der Waals surface area contributed by atoms with Gasteiger partial charge in [0.2, 0.25) is 5.91 Å². The fourth-order valence-corrected chi connectivity index (χ4v) is 4.93. The minimum Gasteiger partial charge on any atom is -0.497 e. The van der Waals surface area contributed by atoms with Crippen molar-refractivity contribution in [3.05, 3.63) is 106 Å². The van der Waals surface area contributed by atoms with E-state index in [2.05, 4.69) is 28.2 Å². The smallest absolute Gasteiger partial charge is 0.225 e. The highest BCUT2D eigenvalue weighted by molar-refractivity contribution is 6.06. The molecule has 1 aliphatic heterocycles. The van der Waals surface area contributed by atoms with E-state index in [1.165, 1.54) is 11.8 Å². The number of aromatic nitrogens is 1. The van der Waals surface area contributed by atoms with Gasteiger partial charge in [-0.05, 0) is 41.5 Å². The van der Waals surface area contributed by atoms with Crippen LogP contribution in [0.1, 0.15) is 29.0 Å². The summed E-state index contributed by atoms with van der Waals surface area (Å²) < 4.78 is 13.3. The Labute approximate surface area is 195 Å². The van der Waals surface area contributed by atoms with Gasteiger partial charge in [-0.2, -0.15) is 0 Å². The largest absolute Gasteiger partial charge is 0.497 e. The molecule has 34 heavy (non-hydrogen) atoms. The van der Waals surface area contributed by atoms with Crippen molar-refractivity contribution in [2.75, 3.05) is 12.4 Å². The van der Waals surface area contributed by atoms with Crippen molar-refractivity contribution >= 4 is 33.5 Å². The topological polar surface area (TPSA) is 73.5 Å². The summed E-state index contributed by atoms with van der Waals surface area (Å²) in [5.74, 6) is 0.0146. The molecule has 5 aromatic rings. The van der Waals surface area contributed by atoms with Crippen molar-refractivity contribution in [1.29, 1.82) is 0 Å². The Balaban J connectivity index is 1.56. The molecule has 2 aromatic heterocycles. The van der Waals surface area contributed by atoms with Gasteiger partial charge >= 0.3 is 0 Å². The molecule has 168 valence electrons. The predicted molar refractivity (Wildman–Crippen MR) is 132 cm³/mol. The van der Waals surface area contributed by atoms with Gasteiger partial charge in [0, 0.05) is 36.0 Å². The second-order valence-corrected chi connectivity index (χ2v) is 8.58. The number of carbonyl (C=O) groups excluding carboxylic acids is 1. The summed E-state index contributed by atoms with van der Waals surface area (Å²) in [6.07, 6.45) is 3.73. The number of fused-ring (bicyclic) bond motifs is 1. The number of carbonyl (C=O) groups is 1. The summed E-state index contributed by atoms with van der Waals surface area (Å²) in [7, 11) is 1.56. The van der Waals surface area contributed by atoms with Crippen LogP contribution in [0.25, 0.3) is 21.9 Å². The number of amides is 1. The van der Waals surface area contributed by atoms with Gasteiger partial charge in [0.25, 0.3) is 0 Å². The van der Waals surface area contributed by atoms with Crippen LogP contribution < -0.4 is 15.5 Å². The Hall–Kier alpha value is -4.32. The number of nitrogens with one attached hydrogen (secondary N) is 1. The number of benzene rings is 3. The van der Waals surface area contributed by atoms with Crippen molar-refractivity contribution in [1.82, 2.24) is 4.57 Å². The van der Waals surface area contributed by atoms with Crippen LogP contribution in [0.5, 0.6) is 5.75 Å². The number of anilines is 1. The molecule has 1 N–H and O–H groups in total. The lowest BCUT2D eigenvalue weighted by Crippen LogP contribution is -2.19. The average molecular weight is 450 g/mol. The lowest BCUT2D eigenvalue weighted by atomic mass is 9.89. The molecule has 0 bridgehead atoms. The summed E-state index contributed by atoms with van der Waals surface area (Å²) in [6.45, 7) is 0.686. The van der Waals surface area contributed by atoms with Crippen LogP contribution in [0.3, 0.4) is 0 Å². The summed E-state index contributed by atoms with van der Waals surface area (Å²) >= 11 is 0. The monoisotopic (exact) mass is 450 g/mol. The van der Waals surface area contributed by atoms with Crippen molar-refractivity contribution in [3.8, 4) is 5.75 Å². The van der Waals surface area contributed by atoms with E-state index in [0.29, 0.717) is 28.8 Å². The third-order valence-electron chi connectivity index (χ3n) is 6.55. The Morgan fingerprint density at radius 2 is 1.88 bits per heavy atom. The summed E-state index contributed by atoms with van der Waals surface area (Å²) in [5, 5.41) is 4.43. The number of hydrogen-bond acceptors (Lipinski definition) is 4. The van der Waals surface area contributed by atoms with Crippen LogP contribution in [0, 0.1) is 0 Å². The lowest BCUT2D eigenvalue weighted by Gasteiger charge is -2.14. The zero-order chi connectivity index (χ0) is 23.2. The maximum atomic E-state index is 13.6. The van der Waals surface area contributed by atoms with Crippen LogP contribution >= 0.6 is 0 Å². The highest BCUT2D eigenvalue weighted by Crippen LogP contribution is 2.40. The van der Waals surface area contributed by atoms with Crippen LogP contribution in [0.15, 0.2) is 88.4 Å². The normalized spacial score (nSPS) is 15.3. The van der Waals surface area contributed by atoms with Gasteiger partial charge in [-0.3, -0.25) is 9.59 Å². The maximum absolute atomic E-state index is 13.6. The van der Waals surface area contributed by atoms with E-state index in [1.54, 1.807) is 25.3 Å². The summed E-state index contributed by atoms with van der Waals surface area (Å²) in [5.41, 5.74) is 4.68. The molecule has 3 aromatic carbocycles. The van der Waals surface area contributed by atoms with E-state index in [1.807, 2.05) is 36.4 Å². The molecule has 1 aliphatic rings. The number of hydrogen-bond donors (Lipinski definition) is 1. The highest BCUT2D eigenvalue weighted by atomic mass is 16.5. The number of rotatable bonds is 4. The van der Waals surface area contributed by atoms with Crippen molar-refractivity contribution < 1.29 is 13.9 Å². The fourth-order valence-electron chi connectivity index (χ4n) is 4.93. The Kier molecular flexibility index (Phi) is 4.73. The third kappa shape index (κ3) is 3.27. The Bertz CT molecular complexity index is 1610. The Morgan fingerprint density at radius 3 is 2.71 bits per heavy atom. The third-order valence-corrected chi connectivity index (χ3v) is 6.55. The van der Waals surface area contributed by atoms with E-state index in [4.69, 9.17) is 9.15 Å². The van der Waals surface area contributed by atoms with Crippen molar-refractivity contribution in [3.63, 3.8) is 0 Å². The second-order valence-electron chi connectivity index (χ2n) is 8.58. The van der Waals surface area contributed by atoms with Crippen molar-refractivity contribution in [2.24, 2.45) is 0 Å². The van der Waals surface area contributed by atoms with Gasteiger partial charge in [-0.15, -0.1) is 0 Å². The molecule has 1 unspecified atom stereocenters. The zero-order valence-electron chi connectivity index (χ0n) is 18.6. The van der Waals surface area contributed by atoms with Gasteiger partial charge in [0.05, 0.1) is 30.0 Å². The van der Waals surface area contributed by atoms with Gasteiger partial charge in [-0.1, -0.05) is 36.4 Å². The van der Waals surface area contributed by atoms with E-state index < -0.39 is 5.92 Å². The van der Waals surface area contributed by atoms with Gasteiger partial charge in [0.1, 0.15) is 11.3 Å². The van der Waals surface area contributed by atoms with Crippen LogP contribution in [-0.4, -0.2) is 17.6 Å². The molecule has 1 atom stereocenters. The molecule has 0 spiro atoms. The average Bonchev–Trinajstić information content (AvgIpc) is 3.15.